The second-order valence-corrected chi connectivity index (χ2v) is 7.46. The van der Waals surface area contributed by atoms with Crippen LogP contribution in [0.5, 0.6) is 0 Å². The summed E-state index contributed by atoms with van der Waals surface area (Å²) in [6.07, 6.45) is 1.32. The van der Waals surface area contributed by atoms with Crippen molar-refractivity contribution in [3.05, 3.63) is 34.2 Å². The number of nitrogens with one attached hydrogen (secondary N) is 1. The molecule has 3 rings (SSSR count). The molecule has 0 unspecified atom stereocenters. The Balaban J connectivity index is 1.77. The van der Waals surface area contributed by atoms with E-state index in [1.807, 2.05) is 5.48 Å². The van der Waals surface area contributed by atoms with Gasteiger partial charge < -0.3 is 4.90 Å². The molecule has 1 amide bonds. The molecule has 1 aromatic carbocycles. The summed E-state index contributed by atoms with van der Waals surface area (Å²) in [6, 6.07) is 4.28. The average Bonchev–Trinajstić information content (AvgIpc) is 3.22. The van der Waals surface area contributed by atoms with E-state index >= 15 is 0 Å². The van der Waals surface area contributed by atoms with Crippen molar-refractivity contribution in [2.24, 2.45) is 4.99 Å². The predicted molar refractivity (Wildman–Crippen MR) is 96.0 cm³/mol. The zero-order chi connectivity index (χ0) is 18.7. The zero-order valence-corrected chi connectivity index (χ0v) is 16.0. The van der Waals surface area contributed by atoms with Crippen molar-refractivity contribution < 1.29 is 19.0 Å². The SMILES string of the molecule is CN1C(=O)CC[C@H]1CSc1nonc1C(=Nc1ccc(F)c(Br)c1)NO. The van der Waals surface area contributed by atoms with E-state index in [2.05, 4.69) is 31.2 Å². The Morgan fingerprint density at radius 2 is 2.38 bits per heavy atom. The molecule has 2 heterocycles. The first-order valence-corrected chi connectivity index (χ1v) is 9.42. The van der Waals surface area contributed by atoms with Crippen LogP contribution in [0.4, 0.5) is 10.1 Å². The number of carbonyl (C=O) groups is 1. The number of aliphatic imine (C=N–C) groups is 1. The molecule has 1 fully saturated rings. The molecule has 138 valence electrons. The largest absolute Gasteiger partial charge is 0.342 e. The molecule has 0 saturated carbocycles. The quantitative estimate of drug-likeness (QED) is 0.316. The van der Waals surface area contributed by atoms with Crippen molar-refractivity contribution in [1.29, 1.82) is 0 Å². The van der Waals surface area contributed by atoms with Gasteiger partial charge in [0.2, 0.25) is 5.91 Å². The summed E-state index contributed by atoms with van der Waals surface area (Å²) in [7, 11) is 1.77. The summed E-state index contributed by atoms with van der Waals surface area (Å²) in [5.41, 5.74) is 2.60. The molecule has 0 aliphatic carbocycles. The number of rotatable bonds is 5. The van der Waals surface area contributed by atoms with E-state index in [-0.39, 0.29) is 28.0 Å². The normalized spacial score (nSPS) is 17.8. The molecule has 0 bridgehead atoms. The van der Waals surface area contributed by atoms with Gasteiger partial charge in [-0.1, -0.05) is 11.8 Å². The number of hydroxylamine groups is 1. The summed E-state index contributed by atoms with van der Waals surface area (Å²) in [4.78, 5) is 17.5. The van der Waals surface area contributed by atoms with Crippen LogP contribution in [-0.2, 0) is 4.79 Å². The van der Waals surface area contributed by atoms with E-state index in [4.69, 9.17) is 4.63 Å². The Morgan fingerprint density at radius 1 is 1.58 bits per heavy atom. The smallest absolute Gasteiger partial charge is 0.222 e. The minimum Gasteiger partial charge on any atom is -0.342 e. The molecule has 2 aromatic rings. The van der Waals surface area contributed by atoms with Crippen LogP contribution in [0.3, 0.4) is 0 Å². The van der Waals surface area contributed by atoms with Crippen molar-refractivity contribution in [3.8, 4) is 0 Å². The topological polar surface area (TPSA) is 104 Å². The fourth-order valence-corrected chi connectivity index (χ4v) is 3.93. The summed E-state index contributed by atoms with van der Waals surface area (Å²) in [6.45, 7) is 0. The zero-order valence-electron chi connectivity index (χ0n) is 13.6. The number of nitrogens with zero attached hydrogens (tertiary/aromatic N) is 4. The van der Waals surface area contributed by atoms with Crippen LogP contribution in [0.15, 0.2) is 37.3 Å². The number of aromatic nitrogens is 2. The van der Waals surface area contributed by atoms with E-state index < -0.39 is 5.82 Å². The fraction of sp³-hybridized carbons (Fsp3) is 0.333. The third-order valence-electron chi connectivity index (χ3n) is 3.98. The van der Waals surface area contributed by atoms with Gasteiger partial charge in [-0.15, -0.1) is 0 Å². The third kappa shape index (κ3) is 4.05. The standard InChI is InChI=1S/C15H15BrFN5O3S/c1-22-9(3-5-12(22)23)7-26-15-13(20-25-21-15)14(19-24)18-8-2-4-11(17)10(16)6-8/h2,4,6,9,24H,3,5,7H2,1H3,(H,18,19)/t9-/m0/s1. The van der Waals surface area contributed by atoms with Crippen LogP contribution in [0.2, 0.25) is 0 Å². The van der Waals surface area contributed by atoms with Gasteiger partial charge in [0.15, 0.2) is 16.6 Å². The van der Waals surface area contributed by atoms with Crippen molar-refractivity contribution in [2.75, 3.05) is 12.8 Å². The van der Waals surface area contributed by atoms with Gasteiger partial charge in [-0.05, 0) is 50.9 Å². The van der Waals surface area contributed by atoms with Crippen LogP contribution in [0, 0.1) is 5.82 Å². The van der Waals surface area contributed by atoms with E-state index in [9.17, 15) is 14.4 Å². The number of carbonyl (C=O) groups excluding carboxylic acids is 1. The number of likely N-dealkylation sites (tertiary alicyclic amines) is 1. The van der Waals surface area contributed by atoms with Crippen molar-refractivity contribution in [3.63, 3.8) is 0 Å². The van der Waals surface area contributed by atoms with Crippen LogP contribution in [0.1, 0.15) is 18.5 Å². The maximum absolute atomic E-state index is 13.3. The Kier molecular flexibility index (Phi) is 5.89. The van der Waals surface area contributed by atoms with Crippen LogP contribution in [-0.4, -0.2) is 51.0 Å². The fourth-order valence-electron chi connectivity index (χ4n) is 2.47. The first-order valence-electron chi connectivity index (χ1n) is 7.65. The molecular weight excluding hydrogens is 429 g/mol. The third-order valence-corrected chi connectivity index (χ3v) is 5.68. The molecule has 1 aliphatic rings. The lowest BCUT2D eigenvalue weighted by atomic mass is 10.2. The van der Waals surface area contributed by atoms with Crippen molar-refractivity contribution >= 4 is 45.1 Å². The highest BCUT2D eigenvalue weighted by Crippen LogP contribution is 2.27. The summed E-state index contributed by atoms with van der Waals surface area (Å²) in [5, 5.41) is 17.5. The van der Waals surface area contributed by atoms with Gasteiger partial charge in [-0.3, -0.25) is 15.5 Å². The minimum absolute atomic E-state index is 0.0168. The van der Waals surface area contributed by atoms with Crippen LogP contribution in [0.25, 0.3) is 0 Å². The number of amidine groups is 1. The lowest BCUT2D eigenvalue weighted by Gasteiger charge is -2.18. The number of amides is 1. The number of benzene rings is 1. The average molecular weight is 444 g/mol. The number of halogens is 2. The number of hydrogen-bond acceptors (Lipinski definition) is 7. The van der Waals surface area contributed by atoms with E-state index in [0.717, 1.165) is 6.42 Å². The van der Waals surface area contributed by atoms with Crippen molar-refractivity contribution in [1.82, 2.24) is 20.7 Å². The molecule has 8 nitrogen and oxygen atoms in total. The monoisotopic (exact) mass is 443 g/mol. The lowest BCUT2D eigenvalue weighted by molar-refractivity contribution is -0.127. The molecule has 2 N–H and O–H groups in total. The van der Waals surface area contributed by atoms with E-state index in [0.29, 0.717) is 22.9 Å². The Hall–Kier alpha value is -1.98. The van der Waals surface area contributed by atoms with E-state index in [1.54, 1.807) is 11.9 Å². The minimum atomic E-state index is -0.419. The number of hydrogen-bond donors (Lipinski definition) is 2. The molecule has 0 spiro atoms. The van der Waals surface area contributed by atoms with Gasteiger partial charge in [0.1, 0.15) is 5.82 Å². The highest BCUT2D eigenvalue weighted by molar-refractivity contribution is 9.10. The van der Waals surface area contributed by atoms with Gasteiger partial charge in [0.25, 0.3) is 0 Å². The van der Waals surface area contributed by atoms with Crippen LogP contribution >= 0.6 is 27.7 Å². The van der Waals surface area contributed by atoms with Gasteiger partial charge in [0, 0.05) is 25.3 Å². The summed E-state index contributed by atoms with van der Waals surface area (Å²) >= 11 is 4.44. The molecule has 11 heteroatoms. The number of thioether (sulfide) groups is 1. The van der Waals surface area contributed by atoms with Crippen LogP contribution < -0.4 is 5.48 Å². The Bertz CT molecular complexity index is 846. The van der Waals surface area contributed by atoms with Gasteiger partial charge in [0.05, 0.1) is 10.2 Å². The van der Waals surface area contributed by atoms with Gasteiger partial charge in [-0.2, -0.15) is 0 Å². The lowest BCUT2D eigenvalue weighted by Crippen LogP contribution is -2.30. The Labute approximate surface area is 160 Å². The first-order chi connectivity index (χ1) is 12.5. The highest BCUT2D eigenvalue weighted by atomic mass is 79.9. The molecule has 26 heavy (non-hydrogen) atoms. The second kappa shape index (κ2) is 8.14. The van der Waals surface area contributed by atoms with E-state index in [1.165, 1.54) is 30.0 Å². The maximum atomic E-state index is 13.3. The molecular formula is C15H15BrFN5O3S. The van der Waals surface area contributed by atoms with Gasteiger partial charge in [-0.25, -0.2) is 14.0 Å². The van der Waals surface area contributed by atoms with Crippen molar-refractivity contribution in [2.45, 2.75) is 23.9 Å². The second-order valence-electron chi connectivity index (χ2n) is 5.60. The molecule has 1 saturated heterocycles. The Morgan fingerprint density at radius 3 is 3.04 bits per heavy atom. The maximum Gasteiger partial charge on any atom is 0.222 e. The summed E-state index contributed by atoms with van der Waals surface area (Å²) < 4.78 is 18.4. The predicted octanol–water partition coefficient (Wildman–Crippen LogP) is 2.74. The molecule has 0 radical (unpaired) electrons. The molecule has 1 aliphatic heterocycles. The highest BCUT2D eigenvalue weighted by Gasteiger charge is 2.28. The van der Waals surface area contributed by atoms with Gasteiger partial charge >= 0.3 is 0 Å². The molecule has 1 aromatic heterocycles. The summed E-state index contributed by atoms with van der Waals surface area (Å²) in [5.74, 6) is 0.333. The first kappa shape index (κ1) is 18.8. The molecule has 1 atom stereocenters.